The summed E-state index contributed by atoms with van der Waals surface area (Å²) >= 11 is 5.92. The number of benzene rings is 1. The number of nitro benzene ring substituents is 1. The van der Waals surface area contributed by atoms with Gasteiger partial charge in [0.1, 0.15) is 11.3 Å². The molecule has 12 heteroatoms. The van der Waals surface area contributed by atoms with E-state index in [1.807, 2.05) is 0 Å². The van der Waals surface area contributed by atoms with Gasteiger partial charge in [0.2, 0.25) is 5.82 Å². The molecule has 0 N–H and O–H groups in total. The molecule has 162 valence electrons. The quantitative estimate of drug-likeness (QED) is 0.257. The van der Waals surface area contributed by atoms with Crippen LogP contribution in [0.2, 0.25) is 5.02 Å². The van der Waals surface area contributed by atoms with E-state index in [1.165, 1.54) is 40.2 Å². The Hall–Kier alpha value is -3.47. The summed E-state index contributed by atoms with van der Waals surface area (Å²) in [7, 11) is 1.28. The summed E-state index contributed by atoms with van der Waals surface area (Å²) in [5.74, 6) is -4.26. The van der Waals surface area contributed by atoms with E-state index in [4.69, 9.17) is 16.3 Å². The number of aromatic nitrogens is 3. The second kappa shape index (κ2) is 7.65. The van der Waals surface area contributed by atoms with Crippen LogP contribution in [0, 0.1) is 27.2 Å². The van der Waals surface area contributed by atoms with Gasteiger partial charge < -0.3 is 4.74 Å². The van der Waals surface area contributed by atoms with E-state index in [1.54, 1.807) is 0 Å². The number of halogens is 3. The third kappa shape index (κ3) is 3.72. The molecule has 2 aromatic heterocycles. The molecule has 0 spiro atoms. The molecule has 0 unspecified atom stereocenters. The van der Waals surface area contributed by atoms with E-state index < -0.39 is 61.1 Å². The molecule has 3 rings (SSSR count). The summed E-state index contributed by atoms with van der Waals surface area (Å²) in [6.45, 7) is 4.60. The van der Waals surface area contributed by atoms with Crippen LogP contribution in [0.4, 0.5) is 14.5 Å². The molecular weight excluding hydrogens is 438 g/mol. The number of pyridine rings is 1. The Morgan fingerprint density at radius 1 is 1.23 bits per heavy atom. The van der Waals surface area contributed by atoms with Crippen LogP contribution in [0.5, 0.6) is 5.75 Å². The zero-order valence-corrected chi connectivity index (χ0v) is 17.5. The summed E-state index contributed by atoms with van der Waals surface area (Å²) < 4.78 is 35.8. The number of esters is 1. The highest BCUT2D eigenvalue weighted by Crippen LogP contribution is 2.42. The molecule has 0 saturated carbocycles. The van der Waals surface area contributed by atoms with Crippen molar-refractivity contribution in [1.82, 2.24) is 14.5 Å². The largest absolute Gasteiger partial charge is 0.423 e. The van der Waals surface area contributed by atoms with E-state index >= 15 is 4.39 Å². The molecule has 0 bridgehead atoms. The van der Waals surface area contributed by atoms with Crippen molar-refractivity contribution < 1.29 is 23.2 Å². The molecule has 9 nitrogen and oxygen atoms in total. The van der Waals surface area contributed by atoms with E-state index in [9.17, 15) is 24.1 Å². The predicted molar refractivity (Wildman–Crippen MR) is 107 cm³/mol. The zero-order valence-electron chi connectivity index (χ0n) is 16.7. The van der Waals surface area contributed by atoms with Gasteiger partial charge in [-0.3, -0.25) is 24.3 Å². The highest BCUT2D eigenvalue weighted by Gasteiger charge is 2.33. The fourth-order valence-electron chi connectivity index (χ4n) is 2.72. The monoisotopic (exact) mass is 452 g/mol. The van der Waals surface area contributed by atoms with E-state index in [0.717, 1.165) is 4.57 Å². The van der Waals surface area contributed by atoms with Crippen LogP contribution < -0.4 is 10.3 Å². The number of nitrogens with zero attached hydrogens (tertiary/aromatic N) is 4. The molecular formula is C19H15ClF2N4O5. The normalized spacial score (nSPS) is 11.6. The van der Waals surface area contributed by atoms with Crippen LogP contribution in [-0.2, 0) is 11.8 Å². The number of hydrogen-bond donors (Lipinski definition) is 0. The zero-order chi connectivity index (χ0) is 23.2. The standard InChI is InChI=1S/C19H15ClF2N4O5/c1-19(2,3)18(28)31-15-11(17(27)25(4)16-14(15)23-5-6-24-16)10-12(20)8(21)7-9(13(10)22)26(29)30/h5-7H,1-4H3. The lowest BCUT2D eigenvalue weighted by molar-refractivity contribution is -0.387. The van der Waals surface area contributed by atoms with Crippen molar-refractivity contribution in [1.29, 1.82) is 0 Å². The van der Waals surface area contributed by atoms with Crippen molar-refractivity contribution in [2.24, 2.45) is 12.5 Å². The number of fused-ring (bicyclic) bond motifs is 1. The second-order valence-corrected chi connectivity index (χ2v) is 7.95. The van der Waals surface area contributed by atoms with Crippen molar-refractivity contribution in [2.75, 3.05) is 0 Å². The average Bonchev–Trinajstić information content (AvgIpc) is 2.69. The Morgan fingerprint density at radius 2 is 1.84 bits per heavy atom. The van der Waals surface area contributed by atoms with Crippen LogP contribution in [0.1, 0.15) is 20.8 Å². The molecule has 0 aliphatic carbocycles. The number of hydrogen-bond acceptors (Lipinski definition) is 7. The van der Waals surface area contributed by atoms with Crippen molar-refractivity contribution in [2.45, 2.75) is 20.8 Å². The summed E-state index contributed by atoms with van der Waals surface area (Å²) in [5.41, 5.74) is -5.04. The number of carbonyl (C=O) groups excluding carboxylic acids is 1. The van der Waals surface area contributed by atoms with Gasteiger partial charge in [0.25, 0.3) is 5.56 Å². The third-order valence-electron chi connectivity index (χ3n) is 4.35. The van der Waals surface area contributed by atoms with Gasteiger partial charge >= 0.3 is 11.7 Å². The SMILES string of the molecule is Cn1c(=O)c(-c2c(F)c([N+](=O)[O-])cc(F)c2Cl)c(OC(=O)C(C)(C)C)c2nccnc21. The minimum atomic E-state index is -1.57. The van der Waals surface area contributed by atoms with Gasteiger partial charge in [-0.1, -0.05) is 11.6 Å². The first-order chi connectivity index (χ1) is 14.4. The van der Waals surface area contributed by atoms with Gasteiger partial charge in [-0.25, -0.2) is 14.4 Å². The summed E-state index contributed by atoms with van der Waals surface area (Å²) in [4.78, 5) is 43.8. The van der Waals surface area contributed by atoms with Crippen molar-refractivity contribution in [3.8, 4) is 16.9 Å². The predicted octanol–water partition coefficient (Wildman–Crippen LogP) is 3.79. The summed E-state index contributed by atoms with van der Waals surface area (Å²) in [5, 5.41) is 10.3. The molecule has 0 aliphatic rings. The molecule has 0 aliphatic heterocycles. The number of rotatable bonds is 3. The maximum Gasteiger partial charge on any atom is 0.316 e. The van der Waals surface area contributed by atoms with Gasteiger partial charge in [0, 0.05) is 19.4 Å². The average molecular weight is 453 g/mol. The third-order valence-corrected chi connectivity index (χ3v) is 4.72. The molecule has 0 radical (unpaired) electrons. The highest BCUT2D eigenvalue weighted by molar-refractivity contribution is 6.33. The van der Waals surface area contributed by atoms with E-state index in [-0.39, 0.29) is 11.2 Å². The van der Waals surface area contributed by atoms with Crippen LogP contribution in [0.15, 0.2) is 23.3 Å². The number of nitro groups is 1. The van der Waals surface area contributed by atoms with Crippen LogP contribution in [0.25, 0.3) is 22.3 Å². The maximum atomic E-state index is 15.1. The van der Waals surface area contributed by atoms with Crippen molar-refractivity contribution >= 4 is 34.4 Å². The molecule has 2 heterocycles. The van der Waals surface area contributed by atoms with Crippen LogP contribution in [0.3, 0.4) is 0 Å². The molecule has 0 atom stereocenters. The molecule has 3 aromatic rings. The van der Waals surface area contributed by atoms with E-state index in [0.29, 0.717) is 6.07 Å². The minimum absolute atomic E-state index is 0.0182. The van der Waals surface area contributed by atoms with Gasteiger partial charge in [-0.2, -0.15) is 4.39 Å². The first kappa shape index (κ1) is 22.2. The fourth-order valence-corrected chi connectivity index (χ4v) is 2.96. The molecule has 1 aromatic carbocycles. The first-order valence-electron chi connectivity index (χ1n) is 8.74. The van der Waals surface area contributed by atoms with Gasteiger partial charge in [-0.05, 0) is 20.8 Å². The molecule has 0 fully saturated rings. The second-order valence-electron chi connectivity index (χ2n) is 7.57. The smallest absolute Gasteiger partial charge is 0.316 e. The Kier molecular flexibility index (Phi) is 5.49. The first-order valence-corrected chi connectivity index (χ1v) is 9.12. The Labute approximate surface area is 178 Å². The van der Waals surface area contributed by atoms with Crippen molar-refractivity contribution in [3.63, 3.8) is 0 Å². The van der Waals surface area contributed by atoms with Crippen LogP contribution in [-0.4, -0.2) is 25.4 Å². The van der Waals surface area contributed by atoms with E-state index in [2.05, 4.69) is 9.97 Å². The maximum absolute atomic E-state index is 15.1. The topological polar surface area (TPSA) is 117 Å². The number of carbonyl (C=O) groups is 1. The van der Waals surface area contributed by atoms with Crippen molar-refractivity contribution in [3.05, 3.63) is 55.6 Å². The minimum Gasteiger partial charge on any atom is -0.423 e. The Balaban J connectivity index is 2.54. The van der Waals surface area contributed by atoms with Gasteiger partial charge in [0.15, 0.2) is 11.4 Å². The number of aryl methyl sites for hydroxylation is 1. The Morgan fingerprint density at radius 3 is 2.42 bits per heavy atom. The van der Waals surface area contributed by atoms with Gasteiger partial charge in [0.05, 0.1) is 32.6 Å². The highest BCUT2D eigenvalue weighted by atomic mass is 35.5. The lowest BCUT2D eigenvalue weighted by Gasteiger charge is -2.20. The Bertz CT molecular complexity index is 1320. The summed E-state index contributed by atoms with van der Waals surface area (Å²) in [6.07, 6.45) is 2.51. The lowest BCUT2D eigenvalue weighted by Crippen LogP contribution is -2.28. The number of ether oxygens (including phenoxy) is 1. The molecule has 31 heavy (non-hydrogen) atoms. The molecule has 0 amide bonds. The van der Waals surface area contributed by atoms with Crippen LogP contribution >= 0.6 is 11.6 Å². The fraction of sp³-hybridized carbons (Fsp3) is 0.263. The van der Waals surface area contributed by atoms with Gasteiger partial charge in [-0.15, -0.1) is 0 Å². The lowest BCUT2D eigenvalue weighted by atomic mass is 9.97. The molecule has 0 saturated heterocycles. The summed E-state index contributed by atoms with van der Waals surface area (Å²) in [6, 6.07) is 0.299.